The van der Waals surface area contributed by atoms with Gasteiger partial charge >= 0.3 is 0 Å². The minimum atomic E-state index is 0.385. The standard InChI is InChI=1S/C11H9ClN2O/c12-11-8(7-15)5-10(14-11)6-9-3-1-2-4-13-9/h1-5,7,14H,6H2. The first-order chi connectivity index (χ1) is 7.29. The van der Waals surface area contributed by atoms with Crippen molar-refractivity contribution in [1.29, 1.82) is 0 Å². The zero-order valence-electron chi connectivity index (χ0n) is 7.90. The molecule has 0 aromatic carbocycles. The predicted molar refractivity (Wildman–Crippen MR) is 58.2 cm³/mol. The molecule has 0 saturated carbocycles. The molecule has 0 atom stereocenters. The number of aromatic nitrogens is 2. The highest BCUT2D eigenvalue weighted by Gasteiger charge is 2.05. The molecule has 0 fully saturated rings. The maximum absolute atomic E-state index is 10.6. The van der Waals surface area contributed by atoms with Gasteiger partial charge in [-0.3, -0.25) is 9.78 Å². The zero-order chi connectivity index (χ0) is 10.7. The molecule has 0 spiro atoms. The molecule has 1 N–H and O–H groups in total. The van der Waals surface area contributed by atoms with E-state index in [0.717, 1.165) is 17.7 Å². The number of hydrogen-bond donors (Lipinski definition) is 1. The third kappa shape index (κ3) is 2.25. The summed E-state index contributed by atoms with van der Waals surface area (Å²) >= 11 is 5.80. The molecule has 15 heavy (non-hydrogen) atoms. The Morgan fingerprint density at radius 2 is 2.33 bits per heavy atom. The molecule has 0 radical (unpaired) electrons. The van der Waals surface area contributed by atoms with E-state index in [1.165, 1.54) is 0 Å². The number of carbonyl (C=O) groups excluding carboxylic acids is 1. The van der Waals surface area contributed by atoms with E-state index in [2.05, 4.69) is 9.97 Å². The molecule has 0 aliphatic rings. The molecular formula is C11H9ClN2O. The number of nitrogens with one attached hydrogen (secondary N) is 1. The van der Waals surface area contributed by atoms with Gasteiger partial charge in [-0.05, 0) is 18.2 Å². The first kappa shape index (κ1) is 9.93. The van der Waals surface area contributed by atoms with E-state index in [-0.39, 0.29) is 0 Å². The van der Waals surface area contributed by atoms with Crippen LogP contribution in [-0.2, 0) is 6.42 Å². The summed E-state index contributed by atoms with van der Waals surface area (Å²) < 4.78 is 0. The number of rotatable bonds is 3. The van der Waals surface area contributed by atoms with Crippen LogP contribution in [0.25, 0.3) is 0 Å². The van der Waals surface area contributed by atoms with E-state index < -0.39 is 0 Å². The molecule has 2 aromatic rings. The van der Waals surface area contributed by atoms with E-state index >= 15 is 0 Å². The molecule has 4 heteroatoms. The molecule has 2 rings (SSSR count). The third-order valence-corrected chi connectivity index (χ3v) is 2.39. The van der Waals surface area contributed by atoms with Crippen molar-refractivity contribution in [2.24, 2.45) is 0 Å². The minimum absolute atomic E-state index is 0.385. The predicted octanol–water partition coefficient (Wildman–Crippen LogP) is 2.47. The lowest BCUT2D eigenvalue weighted by atomic mass is 10.2. The second kappa shape index (κ2) is 4.28. The van der Waals surface area contributed by atoms with Crippen molar-refractivity contribution in [1.82, 2.24) is 9.97 Å². The van der Waals surface area contributed by atoms with Crippen LogP contribution >= 0.6 is 11.6 Å². The second-order valence-corrected chi connectivity index (χ2v) is 3.56. The fourth-order valence-electron chi connectivity index (χ4n) is 1.38. The number of H-pyrrole nitrogens is 1. The van der Waals surface area contributed by atoms with Gasteiger partial charge in [0.05, 0.1) is 5.56 Å². The van der Waals surface area contributed by atoms with Gasteiger partial charge in [0.25, 0.3) is 0 Å². The summed E-state index contributed by atoms with van der Waals surface area (Å²) in [5, 5.41) is 0.385. The number of halogens is 1. The lowest BCUT2D eigenvalue weighted by Gasteiger charge is -1.96. The van der Waals surface area contributed by atoms with Crippen molar-refractivity contribution in [2.75, 3.05) is 0 Å². The lowest BCUT2D eigenvalue weighted by molar-refractivity contribution is 0.112. The average Bonchev–Trinajstić information content (AvgIpc) is 2.60. The SMILES string of the molecule is O=Cc1cc(Cc2ccccn2)[nH]c1Cl. The molecule has 76 valence electrons. The Morgan fingerprint density at radius 1 is 1.47 bits per heavy atom. The van der Waals surface area contributed by atoms with Gasteiger partial charge in [-0.1, -0.05) is 17.7 Å². The maximum atomic E-state index is 10.6. The van der Waals surface area contributed by atoms with Crippen molar-refractivity contribution < 1.29 is 4.79 Å². The maximum Gasteiger partial charge on any atom is 0.153 e. The van der Waals surface area contributed by atoms with Gasteiger partial charge in [-0.25, -0.2) is 0 Å². The largest absolute Gasteiger partial charge is 0.349 e. The summed E-state index contributed by atoms with van der Waals surface area (Å²) in [5.74, 6) is 0. The summed E-state index contributed by atoms with van der Waals surface area (Å²) in [6.07, 6.45) is 3.12. The Balaban J connectivity index is 2.21. The smallest absolute Gasteiger partial charge is 0.153 e. The highest BCUT2D eigenvalue weighted by molar-refractivity contribution is 6.31. The quantitative estimate of drug-likeness (QED) is 0.808. The molecule has 0 unspecified atom stereocenters. The number of hydrogen-bond acceptors (Lipinski definition) is 2. The van der Waals surface area contributed by atoms with E-state index in [4.69, 9.17) is 11.6 Å². The van der Waals surface area contributed by atoms with Crippen molar-refractivity contribution in [3.63, 3.8) is 0 Å². The van der Waals surface area contributed by atoms with Crippen LogP contribution in [0.4, 0.5) is 0 Å². The summed E-state index contributed by atoms with van der Waals surface area (Å²) in [5.41, 5.74) is 2.32. The van der Waals surface area contributed by atoms with Crippen LogP contribution in [0, 0.1) is 0 Å². The Morgan fingerprint density at radius 3 is 2.93 bits per heavy atom. The number of aldehydes is 1. The summed E-state index contributed by atoms with van der Waals surface area (Å²) in [7, 11) is 0. The fourth-order valence-corrected chi connectivity index (χ4v) is 1.60. The number of nitrogens with zero attached hydrogens (tertiary/aromatic N) is 1. The van der Waals surface area contributed by atoms with Gasteiger partial charge in [0.15, 0.2) is 6.29 Å². The van der Waals surface area contributed by atoms with Gasteiger partial charge in [0.1, 0.15) is 5.15 Å². The van der Waals surface area contributed by atoms with Crippen molar-refractivity contribution in [3.8, 4) is 0 Å². The van der Waals surface area contributed by atoms with Gasteiger partial charge in [0.2, 0.25) is 0 Å². The normalized spacial score (nSPS) is 10.2. The highest BCUT2D eigenvalue weighted by atomic mass is 35.5. The highest BCUT2D eigenvalue weighted by Crippen LogP contribution is 2.16. The number of aromatic amines is 1. The zero-order valence-corrected chi connectivity index (χ0v) is 8.66. The summed E-state index contributed by atoms with van der Waals surface area (Å²) in [4.78, 5) is 17.7. The molecule has 2 heterocycles. The van der Waals surface area contributed by atoms with E-state index in [1.807, 2.05) is 18.2 Å². The van der Waals surface area contributed by atoms with Crippen LogP contribution in [0.1, 0.15) is 21.7 Å². The van der Waals surface area contributed by atoms with Crippen LogP contribution in [-0.4, -0.2) is 16.3 Å². The van der Waals surface area contributed by atoms with Gasteiger partial charge in [-0.2, -0.15) is 0 Å². The van der Waals surface area contributed by atoms with Crippen LogP contribution in [0.15, 0.2) is 30.5 Å². The molecule has 0 amide bonds. The minimum Gasteiger partial charge on any atom is -0.349 e. The van der Waals surface area contributed by atoms with Crippen molar-refractivity contribution in [3.05, 3.63) is 52.6 Å². The Hall–Kier alpha value is -1.61. The van der Waals surface area contributed by atoms with Crippen LogP contribution in [0.3, 0.4) is 0 Å². The van der Waals surface area contributed by atoms with Crippen LogP contribution in [0.5, 0.6) is 0 Å². The van der Waals surface area contributed by atoms with Crippen LogP contribution in [0.2, 0.25) is 5.15 Å². The summed E-state index contributed by atoms with van der Waals surface area (Å²) in [6.45, 7) is 0. The molecule has 2 aromatic heterocycles. The van der Waals surface area contributed by atoms with E-state index in [0.29, 0.717) is 17.1 Å². The van der Waals surface area contributed by atoms with E-state index in [1.54, 1.807) is 12.3 Å². The topological polar surface area (TPSA) is 45.8 Å². The monoisotopic (exact) mass is 220 g/mol. The fraction of sp³-hybridized carbons (Fsp3) is 0.0909. The number of pyridine rings is 1. The molecule has 0 bridgehead atoms. The van der Waals surface area contributed by atoms with Gasteiger partial charge in [0, 0.05) is 24.0 Å². The van der Waals surface area contributed by atoms with Crippen molar-refractivity contribution in [2.45, 2.75) is 6.42 Å². The lowest BCUT2D eigenvalue weighted by Crippen LogP contribution is -1.90. The summed E-state index contributed by atoms with van der Waals surface area (Å²) in [6, 6.07) is 7.45. The Kier molecular flexibility index (Phi) is 2.83. The molecule has 0 aliphatic carbocycles. The number of carbonyl (C=O) groups is 1. The van der Waals surface area contributed by atoms with Gasteiger partial charge in [-0.15, -0.1) is 0 Å². The third-order valence-electron chi connectivity index (χ3n) is 2.08. The van der Waals surface area contributed by atoms with E-state index in [9.17, 15) is 4.79 Å². The molecule has 3 nitrogen and oxygen atoms in total. The Bertz CT molecular complexity index is 465. The first-order valence-corrected chi connectivity index (χ1v) is 4.90. The molecule has 0 saturated heterocycles. The molecule has 0 aliphatic heterocycles. The molecular weight excluding hydrogens is 212 g/mol. The first-order valence-electron chi connectivity index (χ1n) is 4.52. The van der Waals surface area contributed by atoms with Crippen LogP contribution < -0.4 is 0 Å². The Labute approximate surface area is 92.1 Å². The average molecular weight is 221 g/mol. The van der Waals surface area contributed by atoms with Crippen molar-refractivity contribution >= 4 is 17.9 Å². The van der Waals surface area contributed by atoms with Gasteiger partial charge < -0.3 is 4.98 Å². The second-order valence-electron chi connectivity index (χ2n) is 3.18.